The van der Waals surface area contributed by atoms with Gasteiger partial charge >= 0.3 is 12.3 Å². The zero-order chi connectivity index (χ0) is 33.0. The van der Waals surface area contributed by atoms with Crippen molar-refractivity contribution in [2.24, 2.45) is 5.92 Å². The molecule has 3 aromatic heterocycles. The van der Waals surface area contributed by atoms with Gasteiger partial charge < -0.3 is 14.6 Å². The number of fused-ring (bicyclic) bond motifs is 4. The van der Waals surface area contributed by atoms with Crippen molar-refractivity contribution in [2.75, 3.05) is 26.3 Å². The van der Waals surface area contributed by atoms with Crippen LogP contribution >= 0.6 is 22.9 Å². The molecule has 9 nitrogen and oxygen atoms in total. The summed E-state index contributed by atoms with van der Waals surface area (Å²) in [5.41, 5.74) is 4.71. The highest BCUT2D eigenvalue weighted by molar-refractivity contribution is 7.18. The van der Waals surface area contributed by atoms with E-state index in [0.29, 0.717) is 83.4 Å². The van der Waals surface area contributed by atoms with E-state index in [1.165, 1.54) is 11.3 Å². The highest BCUT2D eigenvalue weighted by Gasteiger charge is 2.52. The van der Waals surface area contributed by atoms with Crippen molar-refractivity contribution >= 4 is 39.1 Å². The molecular formula is C33H32ClF3N4O5S. The quantitative estimate of drug-likeness (QED) is 0.183. The number of nitrogens with zero attached hydrogens (tertiary/aromatic N) is 4. The van der Waals surface area contributed by atoms with Gasteiger partial charge in [-0.1, -0.05) is 11.6 Å². The minimum atomic E-state index is -4.61. The third-order valence-electron chi connectivity index (χ3n) is 9.15. The van der Waals surface area contributed by atoms with Gasteiger partial charge in [0.1, 0.15) is 24.8 Å². The molecule has 2 aliphatic carbocycles. The van der Waals surface area contributed by atoms with Crippen LogP contribution in [0.1, 0.15) is 58.3 Å². The molecule has 47 heavy (non-hydrogen) atoms. The molecule has 1 saturated heterocycles. The summed E-state index contributed by atoms with van der Waals surface area (Å²) in [6, 6.07) is 7.39. The number of benzene rings is 1. The summed E-state index contributed by atoms with van der Waals surface area (Å²) in [5.74, 6) is 1.39. The normalized spacial score (nSPS) is 21.4. The highest BCUT2D eigenvalue weighted by Crippen LogP contribution is 2.56. The topological polar surface area (TPSA) is 107 Å². The maximum absolute atomic E-state index is 12.7. The van der Waals surface area contributed by atoms with Crippen molar-refractivity contribution in [1.29, 1.82) is 0 Å². The lowest BCUT2D eigenvalue weighted by molar-refractivity contribution is -0.346. The summed E-state index contributed by atoms with van der Waals surface area (Å²) in [6.07, 6.45) is -3.06. The molecule has 2 fully saturated rings. The first-order valence-corrected chi connectivity index (χ1v) is 16.7. The Hall–Kier alpha value is -3.52. The van der Waals surface area contributed by atoms with Crippen LogP contribution in [0, 0.1) is 19.8 Å². The van der Waals surface area contributed by atoms with Crippen LogP contribution in [0.4, 0.5) is 13.2 Å². The van der Waals surface area contributed by atoms with Crippen LogP contribution in [-0.4, -0.2) is 75.7 Å². The number of thiophene rings is 1. The van der Waals surface area contributed by atoms with E-state index >= 15 is 0 Å². The Morgan fingerprint density at radius 2 is 1.85 bits per heavy atom. The smallest absolute Gasteiger partial charge is 0.489 e. The first kappa shape index (κ1) is 32.0. The molecule has 248 valence electrons. The Labute approximate surface area is 277 Å². The van der Waals surface area contributed by atoms with E-state index < -0.39 is 18.4 Å². The fourth-order valence-electron chi connectivity index (χ4n) is 7.05. The summed E-state index contributed by atoms with van der Waals surface area (Å²) < 4.78 is 55.7. The zero-order valence-corrected chi connectivity index (χ0v) is 27.2. The first-order valence-electron chi connectivity index (χ1n) is 15.5. The van der Waals surface area contributed by atoms with Gasteiger partial charge in [0, 0.05) is 57.8 Å². The van der Waals surface area contributed by atoms with Crippen LogP contribution in [0.5, 0.6) is 11.6 Å². The average Bonchev–Trinajstić information content (AvgIpc) is 3.71. The molecule has 0 amide bonds. The van der Waals surface area contributed by atoms with E-state index in [4.69, 9.17) is 26.1 Å². The lowest BCUT2D eigenvalue weighted by Crippen LogP contribution is -2.47. The van der Waals surface area contributed by atoms with Crippen molar-refractivity contribution in [3.05, 3.63) is 63.0 Å². The summed E-state index contributed by atoms with van der Waals surface area (Å²) in [4.78, 5) is 28.0. The molecule has 0 unspecified atom stereocenters. The van der Waals surface area contributed by atoms with Gasteiger partial charge in [-0.05, 0) is 69.7 Å². The number of likely N-dealkylation sites (tertiary alicyclic amines) is 1. The van der Waals surface area contributed by atoms with Gasteiger partial charge in [-0.2, -0.15) is 4.98 Å². The number of rotatable bonds is 9. The van der Waals surface area contributed by atoms with Crippen LogP contribution in [0.15, 0.2) is 29.6 Å². The Kier molecular flexibility index (Phi) is 8.52. The molecule has 7 rings (SSSR count). The number of carbonyl (C=O) groups is 1. The van der Waals surface area contributed by atoms with E-state index in [9.17, 15) is 23.1 Å². The predicted octanol–water partition coefficient (Wildman–Crippen LogP) is 7.21. The number of pyridine rings is 1. The number of hydrogen-bond acceptors (Lipinski definition) is 9. The van der Waals surface area contributed by atoms with Gasteiger partial charge in [0.2, 0.25) is 5.88 Å². The molecule has 1 aliphatic heterocycles. The second-order valence-electron chi connectivity index (χ2n) is 12.3. The van der Waals surface area contributed by atoms with Crippen LogP contribution in [0.25, 0.3) is 21.3 Å². The number of piperidine rings is 1. The number of aromatic carboxylic acids is 1. The van der Waals surface area contributed by atoms with Gasteiger partial charge in [-0.15, -0.1) is 24.5 Å². The lowest BCUT2D eigenvalue weighted by Gasteiger charge is -2.39. The molecular weight excluding hydrogens is 657 g/mol. The number of carboxylic acid groups (broad SMARTS) is 1. The predicted molar refractivity (Wildman–Crippen MR) is 170 cm³/mol. The maximum Gasteiger partial charge on any atom is 0.522 e. The van der Waals surface area contributed by atoms with Crippen LogP contribution in [0.2, 0.25) is 5.02 Å². The molecule has 0 spiro atoms. The highest BCUT2D eigenvalue weighted by atomic mass is 35.5. The summed E-state index contributed by atoms with van der Waals surface area (Å²) >= 11 is 7.70. The van der Waals surface area contributed by atoms with Crippen molar-refractivity contribution < 1.29 is 37.3 Å². The second-order valence-corrected chi connectivity index (χ2v) is 13.6. The van der Waals surface area contributed by atoms with Crippen LogP contribution in [0.3, 0.4) is 0 Å². The molecule has 1 aromatic carbocycles. The van der Waals surface area contributed by atoms with E-state index in [1.807, 2.05) is 19.9 Å². The van der Waals surface area contributed by atoms with E-state index in [2.05, 4.69) is 19.6 Å². The molecule has 14 heteroatoms. The molecule has 4 heterocycles. The number of hydrogen-bond donors (Lipinski definition) is 1. The number of aromatic nitrogens is 3. The van der Waals surface area contributed by atoms with E-state index in [-0.39, 0.29) is 24.8 Å². The van der Waals surface area contributed by atoms with Gasteiger partial charge in [0.15, 0.2) is 0 Å². The standard InChI is InChI=1S/C33H32ClF3N4O5S/c1-16-11-23(30-29(38-16)25(15-47-30)32(42)43)21-12-18(34)3-4-27(21)44-9-10-45-31-24-14-26(20-13-22(20)28(24)39-17(2)40-31)41-7-5-19(6-8-41)46-33(35,36)37/h3-4,11-12,15,19-20,22,26H,5-10,13-14H2,1-2H3,(H,42,43)/t20-,22+,26+/m0/s1. The lowest BCUT2D eigenvalue weighted by atomic mass is 9.89. The largest absolute Gasteiger partial charge is 0.522 e. The van der Waals surface area contributed by atoms with Crippen molar-refractivity contribution in [1.82, 2.24) is 19.9 Å². The van der Waals surface area contributed by atoms with Gasteiger partial charge in [-0.25, -0.2) is 9.78 Å². The van der Waals surface area contributed by atoms with Crippen LogP contribution < -0.4 is 9.47 Å². The van der Waals surface area contributed by atoms with Gasteiger partial charge in [0.25, 0.3) is 0 Å². The van der Waals surface area contributed by atoms with Gasteiger partial charge in [-0.3, -0.25) is 14.6 Å². The summed E-state index contributed by atoms with van der Waals surface area (Å²) in [7, 11) is 0. The van der Waals surface area contributed by atoms with Gasteiger partial charge in [0.05, 0.1) is 27.6 Å². The Bertz CT molecular complexity index is 1850. The Morgan fingerprint density at radius 1 is 1.09 bits per heavy atom. The third-order valence-corrected chi connectivity index (χ3v) is 10.4. The molecule has 3 aliphatic rings. The van der Waals surface area contributed by atoms with Crippen molar-refractivity contribution in [3.63, 3.8) is 0 Å². The SMILES string of the molecule is Cc1cc(-c2cc(Cl)ccc2OCCOc2nc(C)nc3c2C[C@@H](N2CCC(OC(F)(F)F)CC2)[C@H]2C[C@@H]32)c2scc(C(=O)O)c2n1. The molecule has 4 aromatic rings. The Morgan fingerprint density at radius 3 is 2.60 bits per heavy atom. The number of carboxylic acids is 1. The number of halogens is 4. The van der Waals surface area contributed by atoms with E-state index in [0.717, 1.165) is 27.9 Å². The third kappa shape index (κ3) is 6.63. The average molecular weight is 689 g/mol. The first-order chi connectivity index (χ1) is 22.4. The van der Waals surface area contributed by atoms with Crippen molar-refractivity contribution in [2.45, 2.75) is 64.0 Å². The number of aryl methyl sites for hydroxylation is 2. The molecule has 0 bridgehead atoms. The van der Waals surface area contributed by atoms with E-state index in [1.54, 1.807) is 23.6 Å². The minimum Gasteiger partial charge on any atom is -0.489 e. The van der Waals surface area contributed by atoms with Crippen LogP contribution in [-0.2, 0) is 11.2 Å². The number of ether oxygens (including phenoxy) is 3. The fourth-order valence-corrected chi connectivity index (χ4v) is 8.24. The fraction of sp³-hybridized carbons (Fsp3) is 0.455. The maximum atomic E-state index is 12.7. The number of alkyl halides is 3. The molecule has 3 atom stereocenters. The Balaban J connectivity index is 1.05. The zero-order valence-electron chi connectivity index (χ0n) is 25.6. The molecule has 0 radical (unpaired) electrons. The minimum absolute atomic E-state index is 0.149. The molecule has 1 saturated carbocycles. The monoisotopic (exact) mass is 688 g/mol. The van der Waals surface area contributed by atoms with Crippen molar-refractivity contribution in [3.8, 4) is 22.8 Å². The molecule has 1 N–H and O–H groups in total. The second kappa shape index (κ2) is 12.5. The summed E-state index contributed by atoms with van der Waals surface area (Å²) in [5, 5.41) is 11.7. The summed E-state index contributed by atoms with van der Waals surface area (Å²) in [6.45, 7) is 5.17.